The lowest BCUT2D eigenvalue weighted by molar-refractivity contribution is -0.189. The topological polar surface area (TPSA) is 9.23 Å². The van der Waals surface area contributed by atoms with Crippen molar-refractivity contribution < 1.29 is 35.5 Å². The second-order valence-electron chi connectivity index (χ2n) is 9.54. The van der Waals surface area contributed by atoms with Gasteiger partial charge in [0.2, 0.25) is 0 Å². The summed E-state index contributed by atoms with van der Waals surface area (Å²) in [5, 5.41) is 0. The van der Waals surface area contributed by atoms with Crippen LogP contribution in [-0.4, -0.2) is 0 Å². The first kappa shape index (κ1) is 24.9. The Balaban J connectivity index is 1.47. The molecule has 2 aliphatic carbocycles. The summed E-state index contributed by atoms with van der Waals surface area (Å²) in [5.41, 5.74) is -1.35. The van der Waals surface area contributed by atoms with Crippen molar-refractivity contribution >= 4 is 0 Å². The van der Waals surface area contributed by atoms with E-state index in [1.54, 1.807) is 0 Å². The Morgan fingerprint density at radius 2 is 1.12 bits per heavy atom. The summed E-state index contributed by atoms with van der Waals surface area (Å²) < 4.78 is 102. The van der Waals surface area contributed by atoms with Crippen LogP contribution in [0.4, 0.5) is 30.7 Å². The summed E-state index contributed by atoms with van der Waals surface area (Å²) in [6.45, 7) is 0. The van der Waals surface area contributed by atoms with Crippen LogP contribution in [0.1, 0.15) is 81.3 Å². The molecule has 0 aliphatic heterocycles. The van der Waals surface area contributed by atoms with Gasteiger partial charge in [0.25, 0.3) is 0 Å². The van der Waals surface area contributed by atoms with Crippen LogP contribution in [0, 0.1) is 40.9 Å². The van der Waals surface area contributed by atoms with Gasteiger partial charge in [0.05, 0.1) is 0 Å². The summed E-state index contributed by atoms with van der Waals surface area (Å²) in [6, 6.07) is 2.14. The summed E-state index contributed by atoms with van der Waals surface area (Å²) >= 11 is 0. The fourth-order valence-corrected chi connectivity index (χ4v) is 5.60. The van der Waals surface area contributed by atoms with E-state index in [1.807, 2.05) is 0 Å². The van der Waals surface area contributed by atoms with Gasteiger partial charge in [-0.05, 0) is 61.1 Å². The van der Waals surface area contributed by atoms with Crippen LogP contribution in [0.25, 0.3) is 0 Å². The molecule has 186 valence electrons. The van der Waals surface area contributed by atoms with Crippen molar-refractivity contribution in [3.05, 3.63) is 64.5 Å². The standard InChI is InChI=1S/C26H27F7O/c27-20-11-18(17-9-7-16(8-10-17)15-5-3-1-2-4-6-15)12-21(28)24(20)26(32,33)34-19-13-22(29)25(31)23(30)14-19/h11-17H,1-10H2. The minimum absolute atomic E-state index is 0.130. The zero-order chi connectivity index (χ0) is 24.5. The second kappa shape index (κ2) is 10.2. The molecule has 0 radical (unpaired) electrons. The Labute approximate surface area is 194 Å². The van der Waals surface area contributed by atoms with E-state index in [0.717, 1.165) is 37.8 Å². The van der Waals surface area contributed by atoms with Crippen LogP contribution in [0.5, 0.6) is 5.75 Å². The van der Waals surface area contributed by atoms with Gasteiger partial charge in [-0.25, -0.2) is 22.0 Å². The smallest absolute Gasteiger partial charge is 0.429 e. The van der Waals surface area contributed by atoms with E-state index in [0.29, 0.717) is 17.4 Å². The molecule has 4 rings (SSSR count). The van der Waals surface area contributed by atoms with E-state index in [4.69, 9.17) is 0 Å². The molecule has 2 aliphatic rings. The van der Waals surface area contributed by atoms with Crippen LogP contribution in [0.3, 0.4) is 0 Å². The monoisotopic (exact) mass is 488 g/mol. The number of ether oxygens (including phenoxy) is 1. The van der Waals surface area contributed by atoms with Crippen molar-refractivity contribution in [3.63, 3.8) is 0 Å². The van der Waals surface area contributed by atoms with E-state index in [9.17, 15) is 30.7 Å². The summed E-state index contributed by atoms with van der Waals surface area (Å²) in [5.74, 6) is -8.35. The normalized spacial score (nSPS) is 22.4. The molecule has 8 heteroatoms. The first-order valence-electron chi connectivity index (χ1n) is 11.9. The van der Waals surface area contributed by atoms with Crippen LogP contribution in [0.2, 0.25) is 0 Å². The zero-order valence-electron chi connectivity index (χ0n) is 18.7. The van der Waals surface area contributed by atoms with Gasteiger partial charge in [-0.2, -0.15) is 8.78 Å². The molecule has 34 heavy (non-hydrogen) atoms. The van der Waals surface area contributed by atoms with Crippen molar-refractivity contribution in [2.75, 3.05) is 0 Å². The number of halogens is 7. The van der Waals surface area contributed by atoms with Crippen molar-refractivity contribution in [2.45, 2.75) is 76.2 Å². The molecule has 0 aromatic heterocycles. The fourth-order valence-electron chi connectivity index (χ4n) is 5.60. The average Bonchev–Trinajstić information content (AvgIpc) is 3.06. The third-order valence-electron chi connectivity index (χ3n) is 7.37. The molecule has 0 bridgehead atoms. The zero-order valence-corrected chi connectivity index (χ0v) is 18.7. The predicted octanol–water partition coefficient (Wildman–Crippen LogP) is 8.75. The van der Waals surface area contributed by atoms with E-state index in [-0.39, 0.29) is 18.1 Å². The predicted molar refractivity (Wildman–Crippen MR) is 113 cm³/mol. The van der Waals surface area contributed by atoms with E-state index in [2.05, 4.69) is 4.74 Å². The summed E-state index contributed by atoms with van der Waals surface area (Å²) in [7, 11) is 0. The Bertz CT molecular complexity index is 960. The van der Waals surface area contributed by atoms with Crippen molar-refractivity contribution in [1.82, 2.24) is 0 Å². The summed E-state index contributed by atoms with van der Waals surface area (Å²) in [4.78, 5) is 0. The maximum absolute atomic E-state index is 14.7. The minimum atomic E-state index is -4.57. The molecule has 2 aromatic carbocycles. The molecule has 0 heterocycles. The number of benzene rings is 2. The van der Waals surface area contributed by atoms with Crippen LogP contribution in [-0.2, 0) is 6.11 Å². The Hall–Kier alpha value is -2.25. The van der Waals surface area contributed by atoms with Gasteiger partial charge in [0.15, 0.2) is 17.5 Å². The number of alkyl halides is 2. The fraction of sp³-hybridized carbons (Fsp3) is 0.538. The lowest BCUT2D eigenvalue weighted by atomic mass is 9.72. The molecule has 0 atom stereocenters. The highest BCUT2D eigenvalue weighted by Gasteiger charge is 2.42. The highest BCUT2D eigenvalue weighted by molar-refractivity contribution is 5.33. The van der Waals surface area contributed by atoms with Crippen molar-refractivity contribution in [3.8, 4) is 5.75 Å². The Morgan fingerprint density at radius 3 is 1.65 bits per heavy atom. The quantitative estimate of drug-likeness (QED) is 0.232. The molecule has 1 nitrogen and oxygen atoms in total. The van der Waals surface area contributed by atoms with E-state index < -0.39 is 46.5 Å². The molecule has 0 amide bonds. The first-order chi connectivity index (χ1) is 16.2. The molecule has 0 spiro atoms. The highest BCUT2D eigenvalue weighted by atomic mass is 19.3. The second-order valence-corrected chi connectivity index (χ2v) is 9.54. The Kier molecular flexibility index (Phi) is 7.43. The van der Waals surface area contributed by atoms with Gasteiger partial charge >= 0.3 is 6.11 Å². The van der Waals surface area contributed by atoms with E-state index >= 15 is 0 Å². The van der Waals surface area contributed by atoms with E-state index in [1.165, 1.54) is 38.5 Å². The molecular weight excluding hydrogens is 461 g/mol. The van der Waals surface area contributed by atoms with Gasteiger partial charge in [-0.3, -0.25) is 0 Å². The van der Waals surface area contributed by atoms with Crippen molar-refractivity contribution in [2.24, 2.45) is 11.8 Å². The van der Waals surface area contributed by atoms with Gasteiger partial charge in [-0.1, -0.05) is 38.5 Å². The largest absolute Gasteiger partial charge is 0.432 e. The molecule has 0 saturated heterocycles. The van der Waals surface area contributed by atoms with Gasteiger partial charge in [-0.15, -0.1) is 0 Å². The molecule has 0 N–H and O–H groups in total. The van der Waals surface area contributed by atoms with Gasteiger partial charge in [0.1, 0.15) is 22.9 Å². The lowest BCUT2D eigenvalue weighted by Crippen LogP contribution is -2.26. The maximum Gasteiger partial charge on any atom is 0.432 e. The highest BCUT2D eigenvalue weighted by Crippen LogP contribution is 2.44. The molecular formula is C26H27F7O. The lowest BCUT2D eigenvalue weighted by Gasteiger charge is -2.34. The van der Waals surface area contributed by atoms with Crippen LogP contribution >= 0.6 is 0 Å². The summed E-state index contributed by atoms with van der Waals surface area (Å²) in [6.07, 6.45) is 6.29. The first-order valence-corrected chi connectivity index (χ1v) is 11.9. The third-order valence-corrected chi connectivity index (χ3v) is 7.37. The number of hydrogen-bond acceptors (Lipinski definition) is 1. The van der Waals surface area contributed by atoms with Crippen LogP contribution < -0.4 is 4.74 Å². The molecule has 2 aromatic rings. The minimum Gasteiger partial charge on any atom is -0.429 e. The van der Waals surface area contributed by atoms with Gasteiger partial charge < -0.3 is 4.74 Å². The van der Waals surface area contributed by atoms with Gasteiger partial charge in [0, 0.05) is 12.1 Å². The van der Waals surface area contributed by atoms with Crippen LogP contribution in [0.15, 0.2) is 24.3 Å². The molecule has 2 fully saturated rings. The SMILES string of the molecule is Fc1cc(OC(F)(F)c2c(F)cc(C3CCC(C4CCCCCC4)CC3)cc2F)cc(F)c1F. The third kappa shape index (κ3) is 5.36. The maximum atomic E-state index is 14.7. The molecule has 0 unspecified atom stereocenters. The average molecular weight is 488 g/mol. The number of hydrogen-bond donors (Lipinski definition) is 0. The van der Waals surface area contributed by atoms with Crippen molar-refractivity contribution in [1.29, 1.82) is 0 Å². The number of rotatable bonds is 5. The molecule has 2 saturated carbocycles. The Morgan fingerprint density at radius 1 is 0.618 bits per heavy atom.